The highest BCUT2D eigenvalue weighted by molar-refractivity contribution is 5.75. The van der Waals surface area contributed by atoms with Crippen molar-refractivity contribution in [3.63, 3.8) is 0 Å². The molecule has 0 aromatic carbocycles. The van der Waals surface area contributed by atoms with Crippen LogP contribution in [0.2, 0.25) is 0 Å². The van der Waals surface area contributed by atoms with Gasteiger partial charge in [-0.2, -0.15) is 5.53 Å². The quantitative estimate of drug-likeness (QED) is 0.440. The van der Waals surface area contributed by atoms with Crippen LogP contribution in [0.1, 0.15) is 0 Å². The fourth-order valence-corrected chi connectivity index (χ4v) is 0.297. The molecule has 0 bridgehead atoms. The second-order valence-corrected chi connectivity index (χ2v) is 1.25. The highest BCUT2D eigenvalue weighted by Gasteiger charge is 1.85. The van der Waals surface area contributed by atoms with Gasteiger partial charge in [0.2, 0.25) is 0 Å². The maximum absolute atomic E-state index is 3.61. The lowest BCUT2D eigenvalue weighted by Crippen LogP contribution is -2.20. The maximum Gasteiger partial charge on any atom is 0.118 e. The van der Waals surface area contributed by atoms with Gasteiger partial charge >= 0.3 is 0 Å². The minimum atomic E-state index is 1.63. The number of rotatable bonds is 0. The molecule has 7 heavy (non-hydrogen) atoms. The first-order chi connectivity index (χ1) is 3.39. The lowest BCUT2D eigenvalue weighted by Gasteiger charge is -2.06. The third-order valence-electron chi connectivity index (χ3n) is 0.595. The van der Waals surface area contributed by atoms with Crippen LogP contribution in [0.3, 0.4) is 0 Å². The third-order valence-corrected chi connectivity index (χ3v) is 0.595. The first kappa shape index (κ1) is 4.11. The molecule has 0 aromatic rings. The van der Waals surface area contributed by atoms with E-state index in [0.29, 0.717) is 0 Å². The average molecular weight is 98.1 g/mol. The summed E-state index contributed by atoms with van der Waals surface area (Å²) in [7, 11) is 1.86. The van der Waals surface area contributed by atoms with Crippen LogP contribution in [-0.2, 0) is 0 Å². The average Bonchev–Trinajstić information content (AvgIpc) is 1.69. The van der Waals surface area contributed by atoms with Gasteiger partial charge in [-0.15, -0.1) is 10.2 Å². The topological polar surface area (TPSA) is 40.0 Å². The molecule has 38 valence electrons. The van der Waals surface area contributed by atoms with Crippen LogP contribution in [0.25, 0.3) is 0 Å². The van der Waals surface area contributed by atoms with E-state index in [1.807, 2.05) is 7.05 Å². The molecule has 0 saturated carbocycles. The zero-order valence-electron chi connectivity index (χ0n) is 4.00. The predicted octanol–water partition coefficient (Wildman–Crippen LogP) is -0.592. The number of hydrazone groups is 2. The summed E-state index contributed by atoms with van der Waals surface area (Å²) in [4.78, 5) is 1.75. The SMILES string of the molecule is CN1C=NNN=C1. The summed E-state index contributed by atoms with van der Waals surface area (Å²) in [6, 6.07) is 0. The van der Waals surface area contributed by atoms with Crippen LogP contribution < -0.4 is 5.53 Å². The standard InChI is InChI=1S/C3H6N4/c1-7-2-4-6-5-3-7/h2-3,6H,1H3. The Balaban J connectivity index is 2.49. The molecule has 0 saturated heterocycles. The molecule has 4 heteroatoms. The van der Waals surface area contributed by atoms with Gasteiger partial charge in [-0.25, -0.2) is 0 Å². The van der Waals surface area contributed by atoms with Crippen LogP contribution in [-0.4, -0.2) is 24.6 Å². The van der Waals surface area contributed by atoms with Crippen molar-refractivity contribution in [3.05, 3.63) is 0 Å². The lowest BCUT2D eigenvalue weighted by molar-refractivity contribution is 0.693. The Hall–Kier alpha value is -1.06. The van der Waals surface area contributed by atoms with Crippen LogP contribution >= 0.6 is 0 Å². The van der Waals surface area contributed by atoms with Crippen molar-refractivity contribution >= 4 is 12.7 Å². The summed E-state index contributed by atoms with van der Waals surface area (Å²) in [6.07, 6.45) is 3.26. The summed E-state index contributed by atoms with van der Waals surface area (Å²) < 4.78 is 0. The van der Waals surface area contributed by atoms with Crippen LogP contribution in [0.15, 0.2) is 10.2 Å². The van der Waals surface area contributed by atoms with Gasteiger partial charge in [0.25, 0.3) is 0 Å². The number of hydrogen-bond acceptors (Lipinski definition) is 4. The molecule has 1 N–H and O–H groups in total. The first-order valence-electron chi connectivity index (χ1n) is 1.93. The van der Waals surface area contributed by atoms with Gasteiger partial charge in [0.1, 0.15) is 12.7 Å². The summed E-state index contributed by atoms with van der Waals surface area (Å²) in [5.74, 6) is 0. The summed E-state index contributed by atoms with van der Waals surface area (Å²) in [5.41, 5.74) is 2.41. The van der Waals surface area contributed by atoms with E-state index in [4.69, 9.17) is 0 Å². The Morgan fingerprint density at radius 1 is 1.43 bits per heavy atom. The fraction of sp³-hybridized carbons (Fsp3) is 0.333. The summed E-state index contributed by atoms with van der Waals surface area (Å²) in [5, 5.41) is 7.22. The lowest BCUT2D eigenvalue weighted by atomic mass is 10.9. The predicted molar refractivity (Wildman–Crippen MR) is 27.9 cm³/mol. The van der Waals surface area contributed by atoms with Crippen molar-refractivity contribution in [1.29, 1.82) is 0 Å². The molecule has 0 spiro atoms. The number of hydrogen-bond donors (Lipinski definition) is 1. The van der Waals surface area contributed by atoms with Gasteiger partial charge < -0.3 is 4.90 Å². The maximum atomic E-state index is 3.61. The number of nitrogens with zero attached hydrogens (tertiary/aromatic N) is 3. The zero-order valence-corrected chi connectivity index (χ0v) is 4.00. The molecule has 0 aliphatic carbocycles. The Morgan fingerprint density at radius 2 is 2.00 bits per heavy atom. The molecule has 0 radical (unpaired) electrons. The summed E-state index contributed by atoms with van der Waals surface area (Å²) in [6.45, 7) is 0. The van der Waals surface area contributed by atoms with Crippen molar-refractivity contribution in [2.45, 2.75) is 0 Å². The molecule has 0 amide bonds. The van der Waals surface area contributed by atoms with E-state index in [0.717, 1.165) is 0 Å². The van der Waals surface area contributed by atoms with Gasteiger partial charge in [0.15, 0.2) is 0 Å². The molecule has 4 nitrogen and oxygen atoms in total. The molecule has 1 rings (SSSR count). The molecule has 0 aromatic heterocycles. The zero-order chi connectivity index (χ0) is 5.11. The molecule has 0 atom stereocenters. The molecule has 1 aliphatic heterocycles. The van der Waals surface area contributed by atoms with Gasteiger partial charge in [-0.05, 0) is 0 Å². The fourth-order valence-electron chi connectivity index (χ4n) is 0.297. The Kier molecular flexibility index (Phi) is 0.934. The molecular weight excluding hydrogens is 92.1 g/mol. The Morgan fingerprint density at radius 3 is 2.29 bits per heavy atom. The highest BCUT2D eigenvalue weighted by Crippen LogP contribution is 1.73. The van der Waals surface area contributed by atoms with E-state index in [9.17, 15) is 0 Å². The Bertz CT molecular complexity index is 93.5. The van der Waals surface area contributed by atoms with Crippen molar-refractivity contribution in [2.24, 2.45) is 10.2 Å². The Labute approximate surface area is 41.5 Å². The van der Waals surface area contributed by atoms with E-state index < -0.39 is 0 Å². The van der Waals surface area contributed by atoms with Crippen LogP contribution in [0.4, 0.5) is 0 Å². The first-order valence-corrected chi connectivity index (χ1v) is 1.93. The minimum Gasteiger partial charge on any atom is -0.323 e. The third kappa shape index (κ3) is 0.887. The molecular formula is C3H6N4. The smallest absolute Gasteiger partial charge is 0.118 e. The van der Waals surface area contributed by atoms with E-state index in [1.165, 1.54) is 0 Å². The van der Waals surface area contributed by atoms with Crippen molar-refractivity contribution in [3.8, 4) is 0 Å². The van der Waals surface area contributed by atoms with Gasteiger partial charge in [-0.1, -0.05) is 0 Å². The van der Waals surface area contributed by atoms with Gasteiger partial charge in [-0.3, -0.25) is 0 Å². The van der Waals surface area contributed by atoms with Crippen LogP contribution in [0, 0.1) is 0 Å². The monoisotopic (exact) mass is 98.1 g/mol. The van der Waals surface area contributed by atoms with E-state index in [-0.39, 0.29) is 0 Å². The van der Waals surface area contributed by atoms with Crippen LogP contribution in [0.5, 0.6) is 0 Å². The van der Waals surface area contributed by atoms with Gasteiger partial charge in [0.05, 0.1) is 0 Å². The second kappa shape index (κ2) is 1.59. The molecule has 1 heterocycles. The van der Waals surface area contributed by atoms with E-state index >= 15 is 0 Å². The van der Waals surface area contributed by atoms with Crippen molar-refractivity contribution in [1.82, 2.24) is 10.4 Å². The molecule has 0 unspecified atom stereocenters. The van der Waals surface area contributed by atoms with E-state index in [2.05, 4.69) is 15.7 Å². The van der Waals surface area contributed by atoms with Crippen molar-refractivity contribution < 1.29 is 0 Å². The largest absolute Gasteiger partial charge is 0.323 e. The number of nitrogens with one attached hydrogen (secondary N) is 1. The highest BCUT2D eigenvalue weighted by atomic mass is 15.6. The minimum absolute atomic E-state index is 1.63. The second-order valence-electron chi connectivity index (χ2n) is 1.25. The van der Waals surface area contributed by atoms with Crippen molar-refractivity contribution in [2.75, 3.05) is 7.05 Å². The molecule has 1 aliphatic rings. The normalized spacial score (nSPS) is 17.0. The summed E-state index contributed by atoms with van der Waals surface area (Å²) >= 11 is 0. The molecule has 0 fully saturated rings. The van der Waals surface area contributed by atoms with E-state index in [1.54, 1.807) is 17.6 Å². The van der Waals surface area contributed by atoms with Gasteiger partial charge in [0, 0.05) is 7.05 Å².